The van der Waals surface area contributed by atoms with Crippen molar-refractivity contribution >= 4 is 40.1 Å². The molecule has 1 aromatic carbocycles. The Labute approximate surface area is 119 Å². The number of nitrogens with one attached hydrogen (secondary N) is 2. The van der Waals surface area contributed by atoms with E-state index >= 15 is 0 Å². The molecular formula is C12H13IN4O. The van der Waals surface area contributed by atoms with E-state index in [-0.39, 0.29) is 6.03 Å². The van der Waals surface area contributed by atoms with Crippen LogP contribution in [-0.4, -0.2) is 15.8 Å². The number of hydrogen-bond donors (Lipinski definition) is 2. The Bertz CT molecular complexity index is 542. The summed E-state index contributed by atoms with van der Waals surface area (Å²) in [4.78, 5) is 11.7. The molecule has 1 heterocycles. The van der Waals surface area contributed by atoms with Gasteiger partial charge in [-0.2, -0.15) is 5.10 Å². The molecule has 0 atom stereocenters. The van der Waals surface area contributed by atoms with E-state index in [0.29, 0.717) is 5.82 Å². The van der Waals surface area contributed by atoms with Crippen molar-refractivity contribution in [3.05, 3.63) is 39.6 Å². The minimum absolute atomic E-state index is 0.297. The lowest BCUT2D eigenvalue weighted by Gasteiger charge is -2.05. The van der Waals surface area contributed by atoms with Crippen molar-refractivity contribution in [1.29, 1.82) is 0 Å². The number of benzene rings is 1. The fourth-order valence-electron chi connectivity index (χ4n) is 1.43. The molecule has 2 rings (SSSR count). The van der Waals surface area contributed by atoms with E-state index in [1.165, 1.54) is 0 Å². The van der Waals surface area contributed by atoms with Gasteiger partial charge in [0.05, 0.1) is 0 Å². The summed E-state index contributed by atoms with van der Waals surface area (Å²) in [6.45, 7) is 1.93. The normalized spacial score (nSPS) is 10.2. The van der Waals surface area contributed by atoms with Crippen molar-refractivity contribution < 1.29 is 4.79 Å². The van der Waals surface area contributed by atoms with Crippen molar-refractivity contribution in [2.45, 2.75) is 6.92 Å². The second kappa shape index (κ2) is 5.38. The van der Waals surface area contributed by atoms with Gasteiger partial charge in [0.15, 0.2) is 5.82 Å². The summed E-state index contributed by atoms with van der Waals surface area (Å²) in [7, 11) is 1.83. The highest BCUT2D eigenvalue weighted by Crippen LogP contribution is 2.12. The number of amides is 2. The second-order valence-electron chi connectivity index (χ2n) is 3.88. The molecule has 2 N–H and O–H groups in total. The van der Waals surface area contributed by atoms with Crippen LogP contribution in [-0.2, 0) is 7.05 Å². The Balaban J connectivity index is 1.98. The first-order chi connectivity index (χ1) is 8.54. The highest BCUT2D eigenvalue weighted by Gasteiger charge is 2.06. The lowest BCUT2D eigenvalue weighted by molar-refractivity contribution is 0.262. The summed E-state index contributed by atoms with van der Waals surface area (Å²) >= 11 is 2.21. The number of rotatable bonds is 2. The van der Waals surface area contributed by atoms with Crippen LogP contribution in [0.1, 0.15) is 5.69 Å². The summed E-state index contributed by atoms with van der Waals surface area (Å²) in [6, 6.07) is 9.08. The number of carbonyl (C=O) groups excluding carboxylic acids is 1. The first kappa shape index (κ1) is 12.9. The van der Waals surface area contributed by atoms with E-state index in [1.807, 2.05) is 44.3 Å². The van der Waals surface area contributed by atoms with Gasteiger partial charge in [-0.3, -0.25) is 10.00 Å². The van der Waals surface area contributed by atoms with E-state index in [9.17, 15) is 4.79 Å². The van der Waals surface area contributed by atoms with Gasteiger partial charge in [-0.25, -0.2) is 4.79 Å². The number of hydrogen-bond acceptors (Lipinski definition) is 2. The SMILES string of the molecule is Cc1cc(NC(=O)Nc2ccc(I)cc2)nn1C. The minimum atomic E-state index is -0.297. The van der Waals surface area contributed by atoms with Crippen LogP contribution in [0.4, 0.5) is 16.3 Å². The predicted octanol–water partition coefficient (Wildman–Crippen LogP) is 2.98. The zero-order chi connectivity index (χ0) is 13.1. The fourth-order valence-corrected chi connectivity index (χ4v) is 1.79. The third kappa shape index (κ3) is 3.22. The molecule has 18 heavy (non-hydrogen) atoms. The molecule has 0 saturated heterocycles. The predicted molar refractivity (Wildman–Crippen MR) is 79.7 cm³/mol. The standard InChI is InChI=1S/C12H13IN4O/c1-8-7-11(16-17(8)2)15-12(18)14-10-5-3-9(13)4-6-10/h3-7H,1-2H3,(H2,14,15,16,18). The quantitative estimate of drug-likeness (QED) is 0.813. The molecule has 0 unspecified atom stereocenters. The molecule has 5 nitrogen and oxygen atoms in total. The number of aryl methyl sites for hydroxylation is 2. The molecule has 94 valence electrons. The zero-order valence-electron chi connectivity index (χ0n) is 10.1. The van der Waals surface area contributed by atoms with Crippen LogP contribution in [0.3, 0.4) is 0 Å². The van der Waals surface area contributed by atoms with Crippen molar-refractivity contribution in [2.75, 3.05) is 10.6 Å². The molecule has 0 fully saturated rings. The third-order valence-corrected chi connectivity index (χ3v) is 3.18. The number of halogens is 1. The van der Waals surface area contributed by atoms with Gasteiger partial charge in [-0.05, 0) is 53.8 Å². The molecule has 0 saturated carbocycles. The van der Waals surface area contributed by atoms with Crippen LogP contribution in [0.25, 0.3) is 0 Å². The van der Waals surface area contributed by atoms with Crippen LogP contribution in [0.5, 0.6) is 0 Å². The molecule has 2 aromatic rings. The largest absolute Gasteiger partial charge is 0.324 e. The van der Waals surface area contributed by atoms with Crippen LogP contribution in [0, 0.1) is 10.5 Å². The Hall–Kier alpha value is -1.57. The second-order valence-corrected chi connectivity index (χ2v) is 5.13. The van der Waals surface area contributed by atoms with Gasteiger partial charge in [0.25, 0.3) is 0 Å². The molecule has 0 bridgehead atoms. The molecule has 0 radical (unpaired) electrons. The van der Waals surface area contributed by atoms with E-state index in [1.54, 1.807) is 4.68 Å². The zero-order valence-corrected chi connectivity index (χ0v) is 12.2. The Morgan fingerprint density at radius 1 is 1.28 bits per heavy atom. The Morgan fingerprint density at radius 2 is 1.94 bits per heavy atom. The third-order valence-electron chi connectivity index (χ3n) is 2.46. The summed E-state index contributed by atoms with van der Waals surface area (Å²) in [5.74, 6) is 0.540. The molecule has 1 aromatic heterocycles. The molecule has 0 aliphatic carbocycles. The van der Waals surface area contributed by atoms with Crippen molar-refractivity contribution in [3.63, 3.8) is 0 Å². The van der Waals surface area contributed by atoms with Gasteiger partial charge in [0, 0.05) is 28.1 Å². The molecule has 6 heteroatoms. The van der Waals surface area contributed by atoms with E-state index in [4.69, 9.17) is 0 Å². The van der Waals surface area contributed by atoms with Gasteiger partial charge < -0.3 is 5.32 Å². The van der Waals surface area contributed by atoms with Gasteiger partial charge in [0.2, 0.25) is 0 Å². The molecule has 0 aliphatic rings. The highest BCUT2D eigenvalue weighted by atomic mass is 127. The first-order valence-electron chi connectivity index (χ1n) is 5.39. The van der Waals surface area contributed by atoms with E-state index in [0.717, 1.165) is 15.0 Å². The van der Waals surface area contributed by atoms with Crippen LogP contribution >= 0.6 is 22.6 Å². The molecule has 0 aliphatic heterocycles. The van der Waals surface area contributed by atoms with Gasteiger partial charge >= 0.3 is 6.03 Å². The lowest BCUT2D eigenvalue weighted by Crippen LogP contribution is -2.19. The number of anilines is 2. The molecule has 0 spiro atoms. The maximum absolute atomic E-state index is 11.7. The number of nitrogens with zero attached hydrogens (tertiary/aromatic N) is 2. The Kier molecular flexibility index (Phi) is 3.85. The summed E-state index contributed by atoms with van der Waals surface area (Å²) < 4.78 is 2.83. The van der Waals surface area contributed by atoms with Crippen molar-refractivity contribution in [2.24, 2.45) is 7.05 Å². The maximum atomic E-state index is 11.7. The lowest BCUT2D eigenvalue weighted by atomic mass is 10.3. The Morgan fingerprint density at radius 3 is 2.50 bits per heavy atom. The molecule has 2 amide bonds. The smallest absolute Gasteiger partial charge is 0.308 e. The summed E-state index contributed by atoms with van der Waals surface area (Å²) in [5, 5.41) is 9.58. The highest BCUT2D eigenvalue weighted by molar-refractivity contribution is 14.1. The number of aromatic nitrogens is 2. The van der Waals surface area contributed by atoms with Crippen molar-refractivity contribution in [3.8, 4) is 0 Å². The minimum Gasteiger partial charge on any atom is -0.308 e. The summed E-state index contributed by atoms with van der Waals surface area (Å²) in [6.07, 6.45) is 0. The molecular weight excluding hydrogens is 343 g/mol. The van der Waals surface area contributed by atoms with Gasteiger partial charge in [-0.15, -0.1) is 0 Å². The van der Waals surface area contributed by atoms with E-state index < -0.39 is 0 Å². The van der Waals surface area contributed by atoms with Crippen LogP contribution in [0.15, 0.2) is 30.3 Å². The topological polar surface area (TPSA) is 59.0 Å². The monoisotopic (exact) mass is 356 g/mol. The fraction of sp³-hybridized carbons (Fsp3) is 0.167. The average molecular weight is 356 g/mol. The van der Waals surface area contributed by atoms with Gasteiger partial charge in [-0.1, -0.05) is 0 Å². The number of urea groups is 1. The maximum Gasteiger partial charge on any atom is 0.324 e. The van der Waals surface area contributed by atoms with E-state index in [2.05, 4.69) is 38.3 Å². The first-order valence-corrected chi connectivity index (χ1v) is 6.47. The van der Waals surface area contributed by atoms with Crippen molar-refractivity contribution in [1.82, 2.24) is 9.78 Å². The van der Waals surface area contributed by atoms with Crippen LogP contribution in [0.2, 0.25) is 0 Å². The average Bonchev–Trinajstić information content (AvgIpc) is 2.61. The van der Waals surface area contributed by atoms with Crippen LogP contribution < -0.4 is 10.6 Å². The van der Waals surface area contributed by atoms with Gasteiger partial charge in [0.1, 0.15) is 0 Å². The number of carbonyl (C=O) groups is 1. The summed E-state index contributed by atoms with van der Waals surface area (Å²) in [5.41, 5.74) is 1.74.